The number of nitrogens with one attached hydrogen (secondary N) is 1. The number of carbonyl (C=O) groups excluding carboxylic acids is 2. The van der Waals surface area contributed by atoms with Crippen molar-refractivity contribution < 1.29 is 14.3 Å². The van der Waals surface area contributed by atoms with Crippen molar-refractivity contribution in [1.82, 2.24) is 24.5 Å². The van der Waals surface area contributed by atoms with E-state index in [0.29, 0.717) is 39.5 Å². The molecular weight excluding hydrogens is 488 g/mol. The highest BCUT2D eigenvalue weighted by Gasteiger charge is 2.29. The second kappa shape index (κ2) is 9.74. The summed E-state index contributed by atoms with van der Waals surface area (Å²) in [6.45, 7) is 8.11. The van der Waals surface area contributed by atoms with Crippen molar-refractivity contribution in [1.29, 1.82) is 0 Å². The van der Waals surface area contributed by atoms with Crippen LogP contribution in [0.3, 0.4) is 0 Å². The minimum atomic E-state index is -0.365. The molecule has 37 heavy (non-hydrogen) atoms. The van der Waals surface area contributed by atoms with Crippen molar-refractivity contribution in [3.63, 3.8) is 0 Å². The molecule has 1 N–H and O–H groups in total. The molecule has 0 radical (unpaired) electrons. The molecule has 1 aliphatic carbocycles. The number of aryl methyl sites for hydroxylation is 5. The molecule has 194 valence electrons. The van der Waals surface area contributed by atoms with Crippen molar-refractivity contribution in [2.45, 2.75) is 59.8 Å². The summed E-state index contributed by atoms with van der Waals surface area (Å²) >= 11 is 1.49. The zero-order valence-electron chi connectivity index (χ0n) is 22.2. The van der Waals surface area contributed by atoms with Crippen molar-refractivity contribution >= 4 is 39.2 Å². The topological polar surface area (TPSA) is 104 Å². The van der Waals surface area contributed by atoms with Crippen molar-refractivity contribution in [3.8, 4) is 11.3 Å². The monoisotopic (exact) mass is 520 g/mol. The van der Waals surface area contributed by atoms with E-state index in [1.165, 1.54) is 11.3 Å². The average molecular weight is 521 g/mol. The molecule has 0 aliphatic heterocycles. The normalized spacial score (nSPS) is 13.1. The van der Waals surface area contributed by atoms with E-state index in [9.17, 15) is 9.59 Å². The molecule has 1 aliphatic rings. The van der Waals surface area contributed by atoms with Gasteiger partial charge in [0.25, 0.3) is 5.91 Å². The van der Waals surface area contributed by atoms with Gasteiger partial charge >= 0.3 is 5.97 Å². The minimum Gasteiger partial charge on any atom is -0.462 e. The van der Waals surface area contributed by atoms with Gasteiger partial charge in [0.2, 0.25) is 0 Å². The Labute approximate surface area is 219 Å². The Morgan fingerprint density at radius 3 is 2.51 bits per heavy atom. The first-order chi connectivity index (χ1) is 17.7. The molecule has 9 nitrogen and oxygen atoms in total. The standard InChI is InChI=1S/C27H32N6O3S/c1-7-12-36-27(35)23-17-10-8-9-11-20(17)37-26(23)29-25(34)18-13-19(21-14(2)30-32(5)16(21)4)28-24-22(18)15(3)31-33(24)6/h13H,7-12H2,1-6H3,(H,29,34). The number of amides is 1. The summed E-state index contributed by atoms with van der Waals surface area (Å²) in [6.07, 6.45) is 4.58. The van der Waals surface area contributed by atoms with Gasteiger partial charge in [-0.05, 0) is 64.5 Å². The van der Waals surface area contributed by atoms with Gasteiger partial charge in [-0.2, -0.15) is 10.2 Å². The Balaban J connectivity index is 1.62. The maximum Gasteiger partial charge on any atom is 0.341 e. The Bertz CT molecular complexity index is 1540. The first-order valence-corrected chi connectivity index (χ1v) is 13.5. The highest BCUT2D eigenvalue weighted by Crippen LogP contribution is 2.39. The lowest BCUT2D eigenvalue weighted by molar-refractivity contribution is 0.0505. The van der Waals surface area contributed by atoms with Crippen molar-refractivity contribution in [2.75, 3.05) is 11.9 Å². The van der Waals surface area contributed by atoms with Crippen molar-refractivity contribution in [2.24, 2.45) is 14.1 Å². The van der Waals surface area contributed by atoms with Crippen LogP contribution in [-0.2, 0) is 31.7 Å². The van der Waals surface area contributed by atoms with E-state index in [1.807, 2.05) is 52.5 Å². The first-order valence-electron chi connectivity index (χ1n) is 12.7. The molecule has 0 saturated heterocycles. The van der Waals surface area contributed by atoms with Crippen LogP contribution in [0.5, 0.6) is 0 Å². The molecule has 5 rings (SSSR count). The maximum absolute atomic E-state index is 13.9. The van der Waals surface area contributed by atoms with E-state index < -0.39 is 0 Å². The SMILES string of the molecule is CCCOC(=O)c1c(NC(=O)c2cc(-c3c(C)nn(C)c3C)nc3c2c(C)nn3C)sc2c1CCCC2. The maximum atomic E-state index is 13.9. The zero-order chi connectivity index (χ0) is 26.4. The third-order valence-electron chi connectivity index (χ3n) is 7.02. The number of rotatable bonds is 6. The number of thiophene rings is 1. The molecule has 0 bridgehead atoms. The molecule has 0 saturated carbocycles. The van der Waals surface area contributed by atoms with Crippen LogP contribution in [0.1, 0.15) is 74.4 Å². The number of pyridine rings is 1. The third kappa shape index (κ3) is 4.33. The fourth-order valence-corrected chi connectivity index (χ4v) is 6.48. The fourth-order valence-electron chi connectivity index (χ4n) is 5.20. The van der Waals surface area contributed by atoms with Gasteiger partial charge in [0, 0.05) is 30.2 Å². The summed E-state index contributed by atoms with van der Waals surface area (Å²) in [5.74, 6) is -0.664. The molecule has 0 atom stereocenters. The van der Waals surface area contributed by atoms with E-state index >= 15 is 0 Å². The number of hydrogen-bond acceptors (Lipinski definition) is 7. The Kier molecular flexibility index (Phi) is 6.61. The van der Waals surface area contributed by atoms with Crippen LogP contribution in [-0.4, -0.2) is 43.0 Å². The summed E-state index contributed by atoms with van der Waals surface area (Å²) < 4.78 is 9.02. The van der Waals surface area contributed by atoms with Crippen LogP contribution >= 0.6 is 11.3 Å². The largest absolute Gasteiger partial charge is 0.462 e. The molecule has 4 heterocycles. The van der Waals surface area contributed by atoms with Crippen LogP contribution in [0, 0.1) is 20.8 Å². The lowest BCUT2D eigenvalue weighted by atomic mass is 9.95. The number of esters is 1. The van der Waals surface area contributed by atoms with Gasteiger partial charge in [-0.3, -0.25) is 14.2 Å². The average Bonchev–Trinajstić information content (AvgIpc) is 3.46. The third-order valence-corrected chi connectivity index (χ3v) is 8.23. The molecule has 0 unspecified atom stereocenters. The van der Waals surface area contributed by atoms with Crippen LogP contribution < -0.4 is 5.32 Å². The Morgan fingerprint density at radius 2 is 1.81 bits per heavy atom. The van der Waals surface area contributed by atoms with Gasteiger partial charge in [0.05, 0.1) is 40.2 Å². The number of fused-ring (bicyclic) bond motifs is 2. The van der Waals surface area contributed by atoms with Gasteiger partial charge < -0.3 is 10.1 Å². The number of nitrogens with zero attached hydrogens (tertiary/aromatic N) is 5. The molecule has 1 amide bonds. The lowest BCUT2D eigenvalue weighted by Crippen LogP contribution is -2.17. The fraction of sp³-hybridized carbons (Fsp3) is 0.444. The Hall–Kier alpha value is -3.53. The summed E-state index contributed by atoms with van der Waals surface area (Å²) in [5.41, 5.74) is 6.69. The summed E-state index contributed by atoms with van der Waals surface area (Å²) in [4.78, 5) is 33.0. The molecular formula is C27H32N6O3S. The second-order valence-electron chi connectivity index (χ2n) is 9.64. The summed E-state index contributed by atoms with van der Waals surface area (Å²) in [5, 5.41) is 13.4. The van der Waals surface area contributed by atoms with Crippen LogP contribution in [0.15, 0.2) is 6.07 Å². The highest BCUT2D eigenvalue weighted by atomic mass is 32.1. The minimum absolute atomic E-state index is 0.299. The number of aromatic nitrogens is 5. The van der Waals surface area contributed by atoms with Crippen LogP contribution in [0.25, 0.3) is 22.3 Å². The Morgan fingerprint density at radius 1 is 1.08 bits per heavy atom. The number of ether oxygens (including phenoxy) is 1. The van der Waals surface area contributed by atoms with E-state index in [0.717, 1.165) is 65.2 Å². The van der Waals surface area contributed by atoms with Crippen LogP contribution in [0.2, 0.25) is 0 Å². The quantitative estimate of drug-likeness (QED) is 0.357. The van der Waals surface area contributed by atoms with Gasteiger partial charge in [0.15, 0.2) is 5.65 Å². The number of anilines is 1. The van der Waals surface area contributed by atoms with Gasteiger partial charge in [0.1, 0.15) is 5.00 Å². The summed E-state index contributed by atoms with van der Waals surface area (Å²) in [7, 11) is 3.72. The molecule has 4 aromatic rings. The summed E-state index contributed by atoms with van der Waals surface area (Å²) in [6, 6.07) is 1.81. The number of hydrogen-bond donors (Lipinski definition) is 1. The van der Waals surface area contributed by atoms with E-state index in [1.54, 1.807) is 4.68 Å². The van der Waals surface area contributed by atoms with Gasteiger partial charge in [-0.25, -0.2) is 9.78 Å². The molecule has 4 aromatic heterocycles. The van der Waals surface area contributed by atoms with E-state index in [2.05, 4.69) is 15.5 Å². The van der Waals surface area contributed by atoms with Gasteiger partial charge in [-0.1, -0.05) is 6.92 Å². The smallest absolute Gasteiger partial charge is 0.341 e. The zero-order valence-corrected chi connectivity index (χ0v) is 23.0. The number of carbonyl (C=O) groups is 2. The molecule has 10 heteroatoms. The first kappa shape index (κ1) is 25.1. The highest BCUT2D eigenvalue weighted by molar-refractivity contribution is 7.17. The predicted molar refractivity (Wildman–Crippen MR) is 144 cm³/mol. The molecule has 0 fully saturated rings. The van der Waals surface area contributed by atoms with Crippen molar-refractivity contribution in [3.05, 3.63) is 44.7 Å². The van der Waals surface area contributed by atoms with E-state index in [4.69, 9.17) is 9.72 Å². The lowest BCUT2D eigenvalue weighted by Gasteiger charge is -2.13. The van der Waals surface area contributed by atoms with Gasteiger partial charge in [-0.15, -0.1) is 11.3 Å². The predicted octanol–water partition coefficient (Wildman–Crippen LogP) is 5.05. The van der Waals surface area contributed by atoms with Crippen LogP contribution in [0.4, 0.5) is 5.00 Å². The van der Waals surface area contributed by atoms with E-state index in [-0.39, 0.29) is 11.9 Å². The molecule has 0 aromatic carbocycles. The molecule has 0 spiro atoms. The second-order valence-corrected chi connectivity index (χ2v) is 10.7.